The Morgan fingerprint density at radius 1 is 1.22 bits per heavy atom. The van der Waals surface area contributed by atoms with E-state index >= 15 is 0 Å². The SMILES string of the molecule is COc1ccc(CNc2cccc3c(Cl)cnc(C#N)c23)cc1. The molecule has 0 aliphatic heterocycles. The number of anilines is 1. The van der Waals surface area contributed by atoms with E-state index in [0.717, 1.165) is 27.8 Å². The fraction of sp³-hybridized carbons (Fsp3) is 0.111. The molecule has 114 valence electrons. The molecule has 3 rings (SSSR count). The molecule has 0 bridgehead atoms. The van der Waals surface area contributed by atoms with Crippen molar-refractivity contribution in [2.24, 2.45) is 0 Å². The zero-order chi connectivity index (χ0) is 16.2. The van der Waals surface area contributed by atoms with Crippen LogP contribution in [0.3, 0.4) is 0 Å². The van der Waals surface area contributed by atoms with Gasteiger partial charge in [-0.15, -0.1) is 0 Å². The van der Waals surface area contributed by atoms with Crippen LogP contribution in [0.5, 0.6) is 5.75 Å². The molecular weight excluding hydrogens is 310 g/mol. The van der Waals surface area contributed by atoms with E-state index in [1.807, 2.05) is 42.5 Å². The maximum atomic E-state index is 9.30. The smallest absolute Gasteiger partial charge is 0.150 e. The van der Waals surface area contributed by atoms with Crippen LogP contribution >= 0.6 is 11.6 Å². The first-order valence-corrected chi connectivity index (χ1v) is 7.45. The van der Waals surface area contributed by atoms with E-state index in [-0.39, 0.29) is 0 Å². The summed E-state index contributed by atoms with van der Waals surface area (Å²) in [5, 5.41) is 14.7. The lowest BCUT2D eigenvalue weighted by atomic mass is 10.1. The number of benzene rings is 2. The number of aromatic nitrogens is 1. The van der Waals surface area contributed by atoms with Gasteiger partial charge in [0.15, 0.2) is 0 Å². The van der Waals surface area contributed by atoms with Gasteiger partial charge in [0.05, 0.1) is 12.1 Å². The number of ether oxygens (including phenoxy) is 1. The average molecular weight is 324 g/mol. The Hall–Kier alpha value is -2.77. The molecule has 0 atom stereocenters. The third kappa shape index (κ3) is 3.05. The summed E-state index contributed by atoms with van der Waals surface area (Å²) in [5.74, 6) is 0.821. The number of pyridine rings is 1. The van der Waals surface area contributed by atoms with Gasteiger partial charge in [0.25, 0.3) is 0 Å². The van der Waals surface area contributed by atoms with Crippen LogP contribution in [-0.4, -0.2) is 12.1 Å². The van der Waals surface area contributed by atoms with E-state index in [2.05, 4.69) is 16.4 Å². The van der Waals surface area contributed by atoms with Crippen molar-refractivity contribution in [2.45, 2.75) is 6.54 Å². The summed E-state index contributed by atoms with van der Waals surface area (Å²) in [7, 11) is 1.64. The van der Waals surface area contributed by atoms with Gasteiger partial charge in [-0.1, -0.05) is 35.9 Å². The Bertz CT molecular complexity index is 885. The number of nitriles is 1. The minimum Gasteiger partial charge on any atom is -0.497 e. The predicted octanol–water partition coefficient (Wildman–Crippen LogP) is 4.38. The van der Waals surface area contributed by atoms with Crippen LogP contribution in [0.4, 0.5) is 5.69 Å². The van der Waals surface area contributed by atoms with Gasteiger partial charge in [-0.05, 0) is 23.8 Å². The maximum absolute atomic E-state index is 9.30. The van der Waals surface area contributed by atoms with Gasteiger partial charge in [0.1, 0.15) is 17.5 Å². The zero-order valence-corrected chi connectivity index (χ0v) is 13.3. The highest BCUT2D eigenvalue weighted by molar-refractivity contribution is 6.35. The van der Waals surface area contributed by atoms with Crippen molar-refractivity contribution in [3.63, 3.8) is 0 Å². The summed E-state index contributed by atoms with van der Waals surface area (Å²) in [4.78, 5) is 4.11. The monoisotopic (exact) mass is 323 g/mol. The van der Waals surface area contributed by atoms with Crippen molar-refractivity contribution < 1.29 is 4.74 Å². The molecule has 0 aliphatic rings. The molecule has 4 nitrogen and oxygen atoms in total. The second-order valence-corrected chi connectivity index (χ2v) is 5.40. The number of nitrogens with zero attached hydrogens (tertiary/aromatic N) is 2. The van der Waals surface area contributed by atoms with Gasteiger partial charge < -0.3 is 10.1 Å². The molecule has 0 saturated carbocycles. The summed E-state index contributed by atoms with van der Waals surface area (Å²) < 4.78 is 5.15. The molecule has 1 aromatic heterocycles. The normalized spacial score (nSPS) is 10.3. The van der Waals surface area contributed by atoms with Gasteiger partial charge >= 0.3 is 0 Å². The molecule has 1 heterocycles. The van der Waals surface area contributed by atoms with Crippen LogP contribution in [0.2, 0.25) is 5.02 Å². The number of halogens is 1. The summed E-state index contributed by atoms with van der Waals surface area (Å²) in [6.45, 7) is 0.625. The molecule has 0 amide bonds. The fourth-order valence-electron chi connectivity index (χ4n) is 2.43. The lowest BCUT2D eigenvalue weighted by Gasteiger charge is -2.12. The molecule has 3 aromatic rings. The molecule has 5 heteroatoms. The minimum absolute atomic E-state index is 0.363. The van der Waals surface area contributed by atoms with E-state index in [0.29, 0.717) is 17.3 Å². The zero-order valence-electron chi connectivity index (χ0n) is 12.5. The van der Waals surface area contributed by atoms with Crippen molar-refractivity contribution in [2.75, 3.05) is 12.4 Å². The summed E-state index contributed by atoms with van der Waals surface area (Å²) in [5.41, 5.74) is 2.31. The molecule has 0 fully saturated rings. The summed E-state index contributed by atoms with van der Waals surface area (Å²) >= 11 is 6.19. The van der Waals surface area contributed by atoms with Crippen LogP contribution in [0.15, 0.2) is 48.7 Å². The van der Waals surface area contributed by atoms with Crippen LogP contribution < -0.4 is 10.1 Å². The van der Waals surface area contributed by atoms with Crippen molar-refractivity contribution in [1.82, 2.24) is 4.98 Å². The van der Waals surface area contributed by atoms with Gasteiger partial charge in [-0.3, -0.25) is 0 Å². The highest BCUT2D eigenvalue weighted by atomic mass is 35.5. The number of hydrogen-bond donors (Lipinski definition) is 1. The van der Waals surface area contributed by atoms with Crippen LogP contribution in [0.25, 0.3) is 10.8 Å². The Morgan fingerprint density at radius 3 is 2.70 bits per heavy atom. The number of fused-ring (bicyclic) bond motifs is 1. The lowest BCUT2D eigenvalue weighted by Crippen LogP contribution is -2.01. The molecule has 0 spiro atoms. The van der Waals surface area contributed by atoms with E-state index < -0.39 is 0 Å². The fourth-order valence-corrected chi connectivity index (χ4v) is 2.64. The molecule has 23 heavy (non-hydrogen) atoms. The first-order valence-electron chi connectivity index (χ1n) is 7.07. The van der Waals surface area contributed by atoms with Crippen molar-refractivity contribution >= 4 is 28.1 Å². The van der Waals surface area contributed by atoms with Crippen molar-refractivity contribution in [1.29, 1.82) is 5.26 Å². The maximum Gasteiger partial charge on any atom is 0.150 e. The Morgan fingerprint density at radius 2 is 2.00 bits per heavy atom. The standard InChI is InChI=1S/C18H14ClN3O/c1-23-13-7-5-12(6-8-13)10-21-16-4-2-3-14-15(19)11-22-17(9-20)18(14)16/h2-8,11,21H,10H2,1H3. The van der Waals surface area contributed by atoms with Gasteiger partial charge in [-0.2, -0.15) is 5.26 Å². The highest BCUT2D eigenvalue weighted by Gasteiger charge is 2.10. The molecule has 0 saturated heterocycles. The third-order valence-electron chi connectivity index (χ3n) is 3.61. The third-order valence-corrected chi connectivity index (χ3v) is 3.91. The van der Waals surface area contributed by atoms with Crippen LogP contribution in [0, 0.1) is 11.3 Å². The molecule has 0 radical (unpaired) electrons. The van der Waals surface area contributed by atoms with Crippen LogP contribution in [-0.2, 0) is 6.54 Å². The van der Waals surface area contributed by atoms with Gasteiger partial charge in [0.2, 0.25) is 0 Å². The van der Waals surface area contributed by atoms with E-state index in [4.69, 9.17) is 16.3 Å². The molecule has 0 aliphatic carbocycles. The number of hydrogen-bond acceptors (Lipinski definition) is 4. The number of nitrogens with one attached hydrogen (secondary N) is 1. The largest absolute Gasteiger partial charge is 0.497 e. The Labute approximate surface area is 139 Å². The summed E-state index contributed by atoms with van der Waals surface area (Å²) in [6.07, 6.45) is 1.51. The van der Waals surface area contributed by atoms with Crippen molar-refractivity contribution in [3.8, 4) is 11.8 Å². The minimum atomic E-state index is 0.363. The first kappa shape index (κ1) is 15.1. The predicted molar refractivity (Wildman–Crippen MR) is 91.8 cm³/mol. The number of methoxy groups -OCH3 is 1. The molecule has 0 unspecified atom stereocenters. The Kier molecular flexibility index (Phi) is 4.31. The lowest BCUT2D eigenvalue weighted by molar-refractivity contribution is 0.414. The second kappa shape index (κ2) is 6.55. The van der Waals surface area contributed by atoms with Gasteiger partial charge in [-0.25, -0.2) is 4.98 Å². The Balaban J connectivity index is 1.93. The highest BCUT2D eigenvalue weighted by Crippen LogP contribution is 2.31. The topological polar surface area (TPSA) is 57.9 Å². The summed E-state index contributed by atoms with van der Waals surface area (Å²) in [6, 6.07) is 15.7. The number of rotatable bonds is 4. The van der Waals surface area contributed by atoms with Crippen LogP contribution in [0.1, 0.15) is 11.3 Å². The van der Waals surface area contributed by atoms with E-state index in [1.165, 1.54) is 6.20 Å². The van der Waals surface area contributed by atoms with E-state index in [1.54, 1.807) is 7.11 Å². The van der Waals surface area contributed by atoms with Gasteiger partial charge in [0, 0.05) is 29.2 Å². The van der Waals surface area contributed by atoms with E-state index in [9.17, 15) is 5.26 Å². The van der Waals surface area contributed by atoms with Crippen molar-refractivity contribution in [3.05, 3.63) is 64.9 Å². The quantitative estimate of drug-likeness (QED) is 0.774. The first-order chi connectivity index (χ1) is 11.2. The molecule has 1 N–H and O–H groups in total. The second-order valence-electron chi connectivity index (χ2n) is 5.00. The molecular formula is C18H14ClN3O. The molecule has 2 aromatic carbocycles. The average Bonchev–Trinajstić information content (AvgIpc) is 2.61.